The Hall–Kier alpha value is -1.95. The first kappa shape index (κ1) is 13.5. The summed E-state index contributed by atoms with van der Waals surface area (Å²) >= 11 is 0. The van der Waals surface area contributed by atoms with Gasteiger partial charge >= 0.3 is 0 Å². The fraction of sp³-hybridized carbons (Fsp3) is 0.462. The van der Waals surface area contributed by atoms with Crippen molar-refractivity contribution >= 4 is 0 Å². The monoisotopic (exact) mass is 262 g/mol. The average molecular weight is 262 g/mol. The van der Waals surface area contributed by atoms with Crippen molar-refractivity contribution in [3.05, 3.63) is 34.6 Å². The highest BCUT2D eigenvalue weighted by Crippen LogP contribution is 2.19. The maximum atomic E-state index is 5.83. The lowest BCUT2D eigenvalue weighted by Crippen LogP contribution is -2.12. The standard InChI is InChI=1S/C13H18N4O2/c1-7(14)13-15-10(6-12(16-13)18-4)5-11-8(2)17-19-9(11)3/h6-7H,5,14H2,1-4H3. The van der Waals surface area contributed by atoms with Crippen LogP contribution in [0.3, 0.4) is 0 Å². The number of nitrogens with two attached hydrogens (primary N) is 1. The summed E-state index contributed by atoms with van der Waals surface area (Å²) in [5, 5.41) is 3.94. The summed E-state index contributed by atoms with van der Waals surface area (Å²) in [6.45, 7) is 5.64. The van der Waals surface area contributed by atoms with E-state index in [1.807, 2.05) is 20.8 Å². The van der Waals surface area contributed by atoms with Gasteiger partial charge in [0.05, 0.1) is 24.5 Å². The summed E-state index contributed by atoms with van der Waals surface area (Å²) in [6, 6.07) is 1.57. The van der Waals surface area contributed by atoms with Crippen LogP contribution in [0, 0.1) is 13.8 Å². The number of hydrogen-bond acceptors (Lipinski definition) is 6. The second-order valence-corrected chi connectivity index (χ2v) is 4.53. The number of nitrogens with zero attached hydrogens (tertiary/aromatic N) is 3. The van der Waals surface area contributed by atoms with Crippen LogP contribution < -0.4 is 10.5 Å². The second kappa shape index (κ2) is 5.36. The largest absolute Gasteiger partial charge is 0.481 e. The maximum absolute atomic E-state index is 5.83. The normalized spacial score (nSPS) is 12.5. The number of rotatable bonds is 4. The summed E-state index contributed by atoms with van der Waals surface area (Å²) < 4.78 is 10.3. The fourth-order valence-corrected chi connectivity index (χ4v) is 1.83. The van der Waals surface area contributed by atoms with Crippen molar-refractivity contribution in [3.8, 4) is 5.88 Å². The molecule has 0 radical (unpaired) electrons. The van der Waals surface area contributed by atoms with Crippen molar-refractivity contribution in [1.82, 2.24) is 15.1 Å². The van der Waals surface area contributed by atoms with Crippen LogP contribution in [0.15, 0.2) is 10.6 Å². The minimum atomic E-state index is -0.237. The molecule has 0 saturated carbocycles. The number of aryl methyl sites for hydroxylation is 2. The Bertz CT molecular complexity index is 559. The number of hydrogen-bond donors (Lipinski definition) is 1. The number of aromatic nitrogens is 3. The third-order valence-electron chi connectivity index (χ3n) is 2.93. The fourth-order valence-electron chi connectivity index (χ4n) is 1.83. The van der Waals surface area contributed by atoms with Crippen molar-refractivity contribution in [2.75, 3.05) is 7.11 Å². The van der Waals surface area contributed by atoms with Gasteiger partial charge < -0.3 is 15.0 Å². The average Bonchev–Trinajstić information content (AvgIpc) is 2.70. The Balaban J connectivity index is 2.37. The number of ether oxygens (including phenoxy) is 1. The number of methoxy groups -OCH3 is 1. The summed E-state index contributed by atoms with van der Waals surface area (Å²) in [5.41, 5.74) is 8.58. The van der Waals surface area contributed by atoms with Gasteiger partial charge in [-0.1, -0.05) is 5.16 Å². The molecular formula is C13H18N4O2. The molecule has 0 amide bonds. The van der Waals surface area contributed by atoms with Crippen molar-refractivity contribution in [2.45, 2.75) is 33.2 Å². The van der Waals surface area contributed by atoms with Crippen molar-refractivity contribution < 1.29 is 9.26 Å². The molecule has 102 valence electrons. The first-order valence-corrected chi connectivity index (χ1v) is 6.10. The topological polar surface area (TPSA) is 87.1 Å². The van der Waals surface area contributed by atoms with Crippen LogP contribution in [0.1, 0.15) is 41.5 Å². The molecule has 19 heavy (non-hydrogen) atoms. The molecule has 2 rings (SSSR count). The smallest absolute Gasteiger partial charge is 0.216 e. The summed E-state index contributed by atoms with van der Waals surface area (Å²) in [6.07, 6.45) is 0.625. The zero-order chi connectivity index (χ0) is 14.0. The quantitative estimate of drug-likeness (QED) is 0.902. The lowest BCUT2D eigenvalue weighted by molar-refractivity contribution is 0.391. The molecular weight excluding hydrogens is 244 g/mol. The third-order valence-corrected chi connectivity index (χ3v) is 2.93. The lowest BCUT2D eigenvalue weighted by Gasteiger charge is -2.09. The minimum Gasteiger partial charge on any atom is -0.481 e. The van der Waals surface area contributed by atoms with Gasteiger partial charge in [0.2, 0.25) is 5.88 Å². The van der Waals surface area contributed by atoms with E-state index in [4.69, 9.17) is 15.0 Å². The Morgan fingerprint density at radius 1 is 1.37 bits per heavy atom. The Labute approximate surface area is 112 Å². The molecule has 0 spiro atoms. The Morgan fingerprint density at radius 3 is 2.63 bits per heavy atom. The van der Waals surface area contributed by atoms with Gasteiger partial charge in [-0.2, -0.15) is 4.98 Å². The highest BCUT2D eigenvalue weighted by atomic mass is 16.5. The van der Waals surface area contributed by atoms with Crippen LogP contribution >= 0.6 is 0 Å². The first-order valence-electron chi connectivity index (χ1n) is 6.10. The molecule has 2 N–H and O–H groups in total. The van der Waals surface area contributed by atoms with Crippen LogP contribution in [0.5, 0.6) is 5.88 Å². The van der Waals surface area contributed by atoms with Crippen molar-refractivity contribution in [1.29, 1.82) is 0 Å². The highest BCUT2D eigenvalue weighted by molar-refractivity contribution is 5.29. The Kier molecular flexibility index (Phi) is 3.80. The van der Waals surface area contributed by atoms with Gasteiger partial charge in [-0.15, -0.1) is 0 Å². The van der Waals surface area contributed by atoms with Gasteiger partial charge in [0.1, 0.15) is 11.6 Å². The first-order chi connectivity index (χ1) is 9.01. The zero-order valence-electron chi connectivity index (χ0n) is 11.6. The summed E-state index contributed by atoms with van der Waals surface area (Å²) in [5.74, 6) is 1.89. The van der Waals surface area contributed by atoms with Crippen LogP contribution in [0.4, 0.5) is 0 Å². The zero-order valence-corrected chi connectivity index (χ0v) is 11.6. The molecule has 0 aromatic carbocycles. The van der Waals surface area contributed by atoms with E-state index in [-0.39, 0.29) is 6.04 Å². The second-order valence-electron chi connectivity index (χ2n) is 4.53. The van der Waals surface area contributed by atoms with Crippen LogP contribution in [-0.2, 0) is 6.42 Å². The van der Waals surface area contributed by atoms with Gasteiger partial charge in [0, 0.05) is 18.1 Å². The Morgan fingerprint density at radius 2 is 2.11 bits per heavy atom. The maximum Gasteiger partial charge on any atom is 0.216 e. The van der Waals surface area contributed by atoms with E-state index in [0.717, 1.165) is 22.7 Å². The van der Waals surface area contributed by atoms with E-state index >= 15 is 0 Å². The predicted molar refractivity (Wildman–Crippen MR) is 70.0 cm³/mol. The van der Waals surface area contributed by atoms with Crippen molar-refractivity contribution in [3.63, 3.8) is 0 Å². The molecule has 0 bridgehead atoms. The molecule has 0 aliphatic carbocycles. The van der Waals surface area contributed by atoms with Crippen LogP contribution in [0.2, 0.25) is 0 Å². The molecule has 0 fully saturated rings. The SMILES string of the molecule is COc1cc(Cc2c(C)noc2C)nc(C(C)N)n1. The van der Waals surface area contributed by atoms with E-state index in [9.17, 15) is 0 Å². The van der Waals surface area contributed by atoms with Gasteiger partial charge in [-0.05, 0) is 20.8 Å². The predicted octanol–water partition coefficient (Wildman–Crippen LogP) is 1.70. The van der Waals surface area contributed by atoms with Crippen molar-refractivity contribution in [2.24, 2.45) is 5.73 Å². The minimum absolute atomic E-state index is 0.237. The van der Waals surface area contributed by atoms with Gasteiger partial charge in [0.15, 0.2) is 0 Å². The van der Waals surface area contributed by atoms with Gasteiger partial charge in [-0.25, -0.2) is 4.98 Å². The molecule has 2 aromatic heterocycles. The van der Waals surface area contributed by atoms with Crippen LogP contribution in [-0.4, -0.2) is 22.2 Å². The third kappa shape index (κ3) is 2.90. The van der Waals surface area contributed by atoms with Gasteiger partial charge in [-0.3, -0.25) is 0 Å². The van der Waals surface area contributed by atoms with E-state index in [2.05, 4.69) is 15.1 Å². The molecule has 1 atom stereocenters. The van der Waals surface area contributed by atoms with E-state index < -0.39 is 0 Å². The molecule has 0 saturated heterocycles. The molecule has 6 heteroatoms. The lowest BCUT2D eigenvalue weighted by atomic mass is 10.1. The summed E-state index contributed by atoms with van der Waals surface area (Å²) in [7, 11) is 1.58. The van der Waals surface area contributed by atoms with Crippen LogP contribution in [0.25, 0.3) is 0 Å². The molecule has 1 unspecified atom stereocenters. The highest BCUT2D eigenvalue weighted by Gasteiger charge is 2.14. The molecule has 6 nitrogen and oxygen atoms in total. The van der Waals surface area contributed by atoms with E-state index in [0.29, 0.717) is 18.1 Å². The van der Waals surface area contributed by atoms with E-state index in [1.165, 1.54) is 0 Å². The molecule has 0 aliphatic rings. The van der Waals surface area contributed by atoms with E-state index in [1.54, 1.807) is 13.2 Å². The van der Waals surface area contributed by atoms with Gasteiger partial charge in [0.25, 0.3) is 0 Å². The summed E-state index contributed by atoms with van der Waals surface area (Å²) in [4.78, 5) is 8.68. The molecule has 0 aliphatic heterocycles. The molecule has 2 heterocycles. The molecule has 2 aromatic rings.